The molecular weight excluding hydrogens is 568 g/mol. The van der Waals surface area contributed by atoms with Gasteiger partial charge in [0.2, 0.25) is 0 Å². The fourth-order valence-corrected chi connectivity index (χ4v) is 7.71. The van der Waals surface area contributed by atoms with Gasteiger partial charge in [-0.25, -0.2) is 13.2 Å². The number of sulfone groups is 1. The van der Waals surface area contributed by atoms with E-state index in [0.717, 1.165) is 24.9 Å². The Morgan fingerprint density at radius 1 is 0.977 bits per heavy atom. The number of methoxy groups -OCH3 is 2. The molecule has 0 spiro atoms. The lowest BCUT2D eigenvalue weighted by Crippen LogP contribution is -2.37. The first kappa shape index (κ1) is 31.9. The number of ether oxygens (including phenoxy) is 3. The highest BCUT2D eigenvalue weighted by Gasteiger charge is 2.42. The molecule has 10 heteroatoms. The van der Waals surface area contributed by atoms with Gasteiger partial charge >= 0.3 is 5.97 Å². The zero-order valence-electron chi connectivity index (χ0n) is 25.2. The van der Waals surface area contributed by atoms with Crippen molar-refractivity contribution in [2.24, 2.45) is 5.41 Å². The standard InChI is InChI=1S/C33H40N2O7S/c1-5-7-18-33(6-2)22-35(25-16-12-9-13-17-25)26-19-27(40-3)28(20-29(26)43(38,39)23-33)42-21-30(36)34-31(32(37)41-4)24-14-10-8-11-15-24/h8-17,19-20,31H,5-7,18,21-23H2,1-4H3,(H,34,36)/t31-,33?/m1/s1. The molecular formula is C33H40N2O7S. The summed E-state index contributed by atoms with van der Waals surface area (Å²) in [5.41, 5.74) is 1.47. The summed E-state index contributed by atoms with van der Waals surface area (Å²) in [4.78, 5) is 27.5. The van der Waals surface area contributed by atoms with Crippen molar-refractivity contribution in [1.29, 1.82) is 0 Å². The lowest BCUT2D eigenvalue weighted by molar-refractivity contribution is -0.145. The van der Waals surface area contributed by atoms with Crippen LogP contribution in [0.15, 0.2) is 77.7 Å². The first-order chi connectivity index (χ1) is 20.7. The van der Waals surface area contributed by atoms with Gasteiger partial charge in [-0.3, -0.25) is 4.79 Å². The molecule has 1 unspecified atom stereocenters. The maximum atomic E-state index is 14.1. The van der Waals surface area contributed by atoms with Gasteiger partial charge in [-0.1, -0.05) is 75.2 Å². The third-order valence-electron chi connectivity index (χ3n) is 7.97. The van der Waals surface area contributed by atoms with E-state index < -0.39 is 39.8 Å². The van der Waals surface area contributed by atoms with Crippen LogP contribution in [0.25, 0.3) is 0 Å². The average molecular weight is 609 g/mol. The van der Waals surface area contributed by atoms with Crippen molar-refractivity contribution >= 4 is 33.1 Å². The van der Waals surface area contributed by atoms with Gasteiger partial charge in [0.15, 0.2) is 34.0 Å². The van der Waals surface area contributed by atoms with Gasteiger partial charge in [-0.15, -0.1) is 0 Å². The minimum absolute atomic E-state index is 0.00300. The van der Waals surface area contributed by atoms with E-state index in [1.54, 1.807) is 36.4 Å². The van der Waals surface area contributed by atoms with Crippen LogP contribution in [0.1, 0.15) is 51.1 Å². The van der Waals surface area contributed by atoms with Gasteiger partial charge in [-0.05, 0) is 30.5 Å². The van der Waals surface area contributed by atoms with Crippen molar-refractivity contribution in [1.82, 2.24) is 5.32 Å². The molecule has 1 aliphatic rings. The molecule has 1 aliphatic heterocycles. The number of amides is 1. The second-order valence-corrected chi connectivity index (χ2v) is 12.8. The Morgan fingerprint density at radius 3 is 2.26 bits per heavy atom. The quantitative estimate of drug-likeness (QED) is 0.264. The summed E-state index contributed by atoms with van der Waals surface area (Å²) in [6.45, 7) is 4.21. The fraction of sp³-hybridized carbons (Fsp3) is 0.394. The van der Waals surface area contributed by atoms with Crippen LogP contribution in [-0.2, 0) is 24.2 Å². The summed E-state index contributed by atoms with van der Waals surface area (Å²) >= 11 is 0. The van der Waals surface area contributed by atoms with Gasteiger partial charge in [0.25, 0.3) is 5.91 Å². The van der Waals surface area contributed by atoms with E-state index in [0.29, 0.717) is 24.2 Å². The van der Waals surface area contributed by atoms with Crippen LogP contribution in [-0.4, -0.2) is 53.4 Å². The van der Waals surface area contributed by atoms with Crippen LogP contribution < -0.4 is 19.7 Å². The minimum Gasteiger partial charge on any atom is -0.493 e. The molecule has 4 rings (SSSR count). The van der Waals surface area contributed by atoms with Crippen molar-refractivity contribution in [2.45, 2.75) is 50.5 Å². The van der Waals surface area contributed by atoms with Crippen molar-refractivity contribution in [3.05, 3.63) is 78.4 Å². The number of carbonyl (C=O) groups excluding carboxylic acids is 2. The fourth-order valence-electron chi connectivity index (χ4n) is 5.53. The lowest BCUT2D eigenvalue weighted by Gasteiger charge is -2.36. The number of para-hydroxylation sites is 1. The van der Waals surface area contributed by atoms with E-state index >= 15 is 0 Å². The van der Waals surface area contributed by atoms with E-state index in [2.05, 4.69) is 24.1 Å². The van der Waals surface area contributed by atoms with Gasteiger partial charge < -0.3 is 24.4 Å². The Labute approximate surface area is 254 Å². The number of carbonyl (C=O) groups is 2. The summed E-state index contributed by atoms with van der Waals surface area (Å²) < 4.78 is 44.5. The smallest absolute Gasteiger partial charge is 0.333 e. The third-order valence-corrected chi connectivity index (χ3v) is 9.96. The van der Waals surface area contributed by atoms with Gasteiger partial charge in [0.05, 0.1) is 30.6 Å². The zero-order valence-corrected chi connectivity index (χ0v) is 26.0. The molecule has 43 heavy (non-hydrogen) atoms. The lowest BCUT2D eigenvalue weighted by atomic mass is 9.81. The number of hydrogen-bond donors (Lipinski definition) is 1. The molecule has 0 aliphatic carbocycles. The number of hydrogen-bond acceptors (Lipinski definition) is 8. The van der Waals surface area contributed by atoms with E-state index in [9.17, 15) is 18.0 Å². The van der Waals surface area contributed by atoms with E-state index in [-0.39, 0.29) is 22.1 Å². The van der Waals surface area contributed by atoms with Crippen LogP contribution in [0.3, 0.4) is 0 Å². The SMILES string of the molecule is CCCCC1(CC)CN(c2ccccc2)c2cc(OC)c(OCC(=O)N[C@@H](C(=O)OC)c3ccccc3)cc2S(=O)(=O)C1. The van der Waals surface area contributed by atoms with Crippen LogP contribution in [0.5, 0.6) is 11.5 Å². The molecule has 0 saturated heterocycles. The molecule has 0 radical (unpaired) electrons. The molecule has 3 aromatic carbocycles. The number of rotatable bonds is 12. The Bertz CT molecular complexity index is 1510. The molecule has 0 saturated carbocycles. The van der Waals surface area contributed by atoms with E-state index in [1.165, 1.54) is 20.3 Å². The third kappa shape index (κ3) is 7.30. The second kappa shape index (κ2) is 13.9. The van der Waals surface area contributed by atoms with Gasteiger partial charge in [0.1, 0.15) is 0 Å². The van der Waals surface area contributed by atoms with Crippen LogP contribution in [0.4, 0.5) is 11.4 Å². The zero-order chi connectivity index (χ0) is 31.0. The maximum absolute atomic E-state index is 14.1. The highest BCUT2D eigenvalue weighted by molar-refractivity contribution is 7.91. The molecule has 0 aromatic heterocycles. The normalized spacial score (nSPS) is 18.1. The monoisotopic (exact) mass is 608 g/mol. The molecule has 0 bridgehead atoms. The molecule has 1 heterocycles. The number of nitrogens with one attached hydrogen (secondary N) is 1. The van der Waals surface area contributed by atoms with Crippen LogP contribution >= 0.6 is 0 Å². The van der Waals surface area contributed by atoms with Gasteiger partial charge in [-0.2, -0.15) is 0 Å². The maximum Gasteiger partial charge on any atom is 0.333 e. The predicted octanol–water partition coefficient (Wildman–Crippen LogP) is 5.62. The van der Waals surface area contributed by atoms with Crippen molar-refractivity contribution in [2.75, 3.05) is 38.0 Å². The highest BCUT2D eigenvalue weighted by Crippen LogP contribution is 2.47. The first-order valence-corrected chi connectivity index (χ1v) is 16.1. The Balaban J connectivity index is 1.69. The number of unbranched alkanes of at least 4 members (excludes halogenated alkanes) is 1. The molecule has 9 nitrogen and oxygen atoms in total. The van der Waals surface area contributed by atoms with Crippen LogP contribution in [0.2, 0.25) is 0 Å². The molecule has 2 atom stereocenters. The number of esters is 1. The van der Waals surface area contributed by atoms with Crippen LogP contribution in [0, 0.1) is 5.41 Å². The first-order valence-electron chi connectivity index (χ1n) is 14.5. The molecule has 1 N–H and O–H groups in total. The second-order valence-electron chi connectivity index (χ2n) is 10.8. The Hall–Kier alpha value is -4.05. The Morgan fingerprint density at radius 2 is 1.65 bits per heavy atom. The summed E-state index contributed by atoms with van der Waals surface area (Å²) in [6, 6.07) is 20.5. The highest BCUT2D eigenvalue weighted by atomic mass is 32.2. The summed E-state index contributed by atoms with van der Waals surface area (Å²) in [6.07, 6.45) is 3.37. The average Bonchev–Trinajstić information content (AvgIpc) is 3.13. The molecule has 0 fully saturated rings. The van der Waals surface area contributed by atoms with Crippen molar-refractivity contribution in [3.8, 4) is 11.5 Å². The summed E-state index contributed by atoms with van der Waals surface area (Å²) in [7, 11) is -1.05. The number of fused-ring (bicyclic) bond motifs is 1. The van der Waals surface area contributed by atoms with Crippen molar-refractivity contribution < 1.29 is 32.2 Å². The van der Waals surface area contributed by atoms with E-state index in [4.69, 9.17) is 14.2 Å². The summed E-state index contributed by atoms with van der Waals surface area (Å²) in [5.74, 6) is -0.823. The number of benzene rings is 3. The number of nitrogens with zero attached hydrogens (tertiary/aromatic N) is 1. The Kier molecular flexibility index (Phi) is 10.3. The molecule has 230 valence electrons. The van der Waals surface area contributed by atoms with Gasteiger partial charge in [0, 0.05) is 29.8 Å². The number of anilines is 2. The van der Waals surface area contributed by atoms with E-state index in [1.807, 2.05) is 30.3 Å². The summed E-state index contributed by atoms with van der Waals surface area (Å²) in [5, 5.41) is 2.64. The largest absolute Gasteiger partial charge is 0.493 e. The molecule has 3 aromatic rings. The minimum atomic E-state index is -3.76. The van der Waals surface area contributed by atoms with Crippen molar-refractivity contribution in [3.63, 3.8) is 0 Å². The predicted molar refractivity (Wildman–Crippen MR) is 166 cm³/mol. The molecule has 1 amide bonds. The topological polar surface area (TPSA) is 111 Å².